The maximum absolute atomic E-state index is 4.38. The smallest absolute Gasteiger partial charge is 0.0825 e. The molecule has 1 heterocycles. The molecule has 5 heteroatoms. The predicted octanol–water partition coefficient (Wildman–Crippen LogP) is -2.06. The zero-order chi connectivity index (χ0) is 6.24. The van der Waals surface area contributed by atoms with Gasteiger partial charge in [-0.2, -0.15) is 5.53 Å². The third-order valence-electron chi connectivity index (χ3n) is 0.568. The Morgan fingerprint density at radius 2 is 2.25 bits per heavy atom. The Morgan fingerprint density at radius 3 is 2.38 bits per heavy atom. The van der Waals surface area contributed by atoms with Gasteiger partial charge in [-0.05, 0) is 0 Å². The van der Waals surface area contributed by atoms with E-state index in [0.29, 0.717) is 0 Å². The monoisotopic (exact) mass is 117 g/mol. The summed E-state index contributed by atoms with van der Waals surface area (Å²) in [5.74, 6) is 8.75. The molecule has 0 fully saturated rings. The molecular weight excluding hydrogens is 106 g/mol. The molecule has 0 spiro atoms. The normalized spacial score (nSPS) is 14.2. The van der Waals surface area contributed by atoms with Crippen molar-refractivity contribution in [2.75, 3.05) is 13.1 Å². The first-order chi connectivity index (χ1) is 3.91. The third-order valence-corrected chi connectivity index (χ3v) is 0.568. The minimum Gasteiger partial charge on any atom is -0.375 e. The van der Waals surface area contributed by atoms with Crippen molar-refractivity contribution < 1.29 is 0 Å². The molecule has 0 saturated heterocycles. The second kappa shape index (κ2) is 6.35. The second-order valence-electron chi connectivity index (χ2n) is 1.16. The van der Waals surface area contributed by atoms with Gasteiger partial charge >= 0.3 is 0 Å². The van der Waals surface area contributed by atoms with Crippen LogP contribution in [0, 0.1) is 0 Å². The van der Waals surface area contributed by atoms with E-state index >= 15 is 0 Å². The molecule has 1 aliphatic rings. The number of nitrogens with one attached hydrogen (secondary N) is 2. The van der Waals surface area contributed by atoms with Crippen LogP contribution in [-0.4, -0.2) is 19.4 Å². The number of hydrazine groups is 2. The fourth-order valence-electron chi connectivity index (χ4n) is 0.323. The summed E-state index contributed by atoms with van der Waals surface area (Å²) in [5, 5.41) is 2.93. The Bertz CT molecular complexity index is 54.7. The first-order valence-electron chi connectivity index (χ1n) is 2.29. The summed E-state index contributed by atoms with van der Waals surface area (Å²) in [4.78, 5) is 3.85. The van der Waals surface area contributed by atoms with Gasteiger partial charge in [0, 0.05) is 6.54 Å². The van der Waals surface area contributed by atoms with Gasteiger partial charge in [-0.3, -0.25) is 16.7 Å². The van der Waals surface area contributed by atoms with Crippen LogP contribution in [0.25, 0.3) is 0 Å². The lowest BCUT2D eigenvalue weighted by atomic mass is 10.7. The third kappa shape index (κ3) is 5.35. The lowest BCUT2D eigenvalue weighted by Crippen LogP contribution is -2.29. The van der Waals surface area contributed by atoms with Crippen LogP contribution < -0.4 is 22.5 Å². The minimum atomic E-state index is 0.958. The molecule has 0 saturated carbocycles. The van der Waals surface area contributed by atoms with Crippen LogP contribution in [0.3, 0.4) is 0 Å². The van der Waals surface area contributed by atoms with Crippen LogP contribution >= 0.6 is 0 Å². The summed E-state index contributed by atoms with van der Waals surface area (Å²) in [7, 11) is 0. The lowest BCUT2D eigenvalue weighted by Gasteiger charge is -1.75. The van der Waals surface area contributed by atoms with E-state index in [-0.39, 0.29) is 0 Å². The van der Waals surface area contributed by atoms with Crippen molar-refractivity contribution in [2.24, 2.45) is 16.7 Å². The van der Waals surface area contributed by atoms with Crippen LogP contribution in [-0.2, 0) is 0 Å². The molecule has 5 nitrogen and oxygen atoms in total. The van der Waals surface area contributed by atoms with Crippen LogP contribution in [0.1, 0.15) is 0 Å². The molecule has 0 aromatic heterocycles. The molecule has 0 aliphatic carbocycles. The maximum atomic E-state index is 4.38. The molecule has 48 valence electrons. The Kier molecular flexibility index (Phi) is 5.83. The van der Waals surface area contributed by atoms with E-state index in [4.69, 9.17) is 0 Å². The summed E-state index contributed by atoms with van der Waals surface area (Å²) < 4.78 is 0. The van der Waals surface area contributed by atoms with E-state index < -0.39 is 0 Å². The van der Waals surface area contributed by atoms with Gasteiger partial charge in [-0.15, -0.1) is 0 Å². The first-order valence-corrected chi connectivity index (χ1v) is 2.29. The lowest BCUT2D eigenvalue weighted by molar-refractivity contribution is 0.803. The molecule has 8 heavy (non-hydrogen) atoms. The van der Waals surface area contributed by atoms with Gasteiger partial charge in [0.25, 0.3) is 0 Å². The first kappa shape index (κ1) is 7.35. The number of hydrogen-bond donors (Lipinski definition) is 4. The van der Waals surface area contributed by atoms with Crippen molar-refractivity contribution >= 4 is 6.34 Å². The van der Waals surface area contributed by atoms with Gasteiger partial charge in [0.05, 0.1) is 12.9 Å². The van der Waals surface area contributed by atoms with Gasteiger partial charge in [-0.1, -0.05) is 0 Å². The van der Waals surface area contributed by atoms with E-state index in [0.717, 1.165) is 13.1 Å². The van der Waals surface area contributed by atoms with Crippen molar-refractivity contribution in [1.82, 2.24) is 10.9 Å². The van der Waals surface area contributed by atoms with Crippen molar-refractivity contribution in [3.63, 3.8) is 0 Å². The molecule has 0 aromatic rings. The second-order valence-corrected chi connectivity index (χ2v) is 1.16. The highest BCUT2D eigenvalue weighted by atomic mass is 15.4. The Labute approximate surface area is 48.1 Å². The molecule has 0 atom stereocenters. The van der Waals surface area contributed by atoms with Crippen LogP contribution in [0.4, 0.5) is 0 Å². The molecule has 0 bridgehead atoms. The molecule has 0 amide bonds. The van der Waals surface area contributed by atoms with Gasteiger partial charge < -0.3 is 5.32 Å². The van der Waals surface area contributed by atoms with Crippen molar-refractivity contribution in [1.29, 1.82) is 0 Å². The van der Waals surface area contributed by atoms with E-state index in [1.165, 1.54) is 0 Å². The fourth-order valence-corrected chi connectivity index (χ4v) is 0.323. The Balaban J connectivity index is 0.000000145. The zero-order valence-corrected chi connectivity index (χ0v) is 4.59. The molecule has 1 rings (SSSR count). The van der Waals surface area contributed by atoms with Crippen LogP contribution in [0.5, 0.6) is 0 Å². The molecular formula is C3H11N5. The number of nitrogens with zero attached hydrogens (tertiary/aromatic N) is 1. The molecule has 0 aromatic carbocycles. The number of aliphatic imine (C=N–C) groups is 1. The quantitative estimate of drug-likeness (QED) is 0.217. The van der Waals surface area contributed by atoms with Gasteiger partial charge in [0.1, 0.15) is 0 Å². The number of hydrogen-bond acceptors (Lipinski definition) is 5. The van der Waals surface area contributed by atoms with E-state index in [1.54, 1.807) is 11.9 Å². The topological polar surface area (TPSA) is 88.5 Å². The minimum absolute atomic E-state index is 0.958. The molecule has 0 unspecified atom stereocenters. The number of rotatable bonds is 0. The van der Waals surface area contributed by atoms with Crippen molar-refractivity contribution in [3.8, 4) is 0 Å². The fraction of sp³-hybridized carbons (Fsp3) is 0.667. The zero-order valence-electron chi connectivity index (χ0n) is 4.59. The summed E-state index contributed by atoms with van der Waals surface area (Å²) >= 11 is 0. The standard InChI is InChI=1S/C3H6N2.H5N3/c1-2-5-3-4-1;1-3-2/h3H,1-2H2,(H,4,5);3H,1-2H2. The van der Waals surface area contributed by atoms with Crippen LogP contribution in [0.2, 0.25) is 0 Å². The Morgan fingerprint density at radius 1 is 1.62 bits per heavy atom. The molecule has 6 N–H and O–H groups in total. The molecule has 1 aliphatic heterocycles. The predicted molar refractivity (Wildman–Crippen MR) is 32.9 cm³/mol. The van der Waals surface area contributed by atoms with Gasteiger partial charge in [-0.25, -0.2) is 0 Å². The maximum Gasteiger partial charge on any atom is 0.0825 e. The van der Waals surface area contributed by atoms with Gasteiger partial charge in [0.15, 0.2) is 0 Å². The summed E-state index contributed by atoms with van der Waals surface area (Å²) in [6.45, 7) is 1.99. The van der Waals surface area contributed by atoms with Gasteiger partial charge in [0.2, 0.25) is 0 Å². The highest BCUT2D eigenvalue weighted by Crippen LogP contribution is 1.68. The highest BCUT2D eigenvalue weighted by molar-refractivity contribution is 5.56. The summed E-state index contributed by atoms with van der Waals surface area (Å²) in [6.07, 6.45) is 1.74. The van der Waals surface area contributed by atoms with E-state index in [2.05, 4.69) is 22.0 Å². The SMILES string of the molecule is C1=NCCN1.NNN. The number of nitrogens with two attached hydrogens (primary N) is 2. The Hall–Kier alpha value is -0.650. The average Bonchev–Trinajstić information content (AvgIpc) is 2.17. The molecule has 0 radical (unpaired) electrons. The average molecular weight is 117 g/mol. The highest BCUT2D eigenvalue weighted by Gasteiger charge is 1.82. The van der Waals surface area contributed by atoms with Crippen molar-refractivity contribution in [2.45, 2.75) is 0 Å². The van der Waals surface area contributed by atoms with Crippen LogP contribution in [0.15, 0.2) is 4.99 Å². The summed E-state index contributed by atoms with van der Waals surface area (Å²) in [5.41, 5.74) is 1.75. The van der Waals surface area contributed by atoms with E-state index in [9.17, 15) is 0 Å². The van der Waals surface area contributed by atoms with E-state index in [1.807, 2.05) is 0 Å². The summed E-state index contributed by atoms with van der Waals surface area (Å²) in [6, 6.07) is 0. The van der Waals surface area contributed by atoms with Crippen molar-refractivity contribution in [3.05, 3.63) is 0 Å². The largest absolute Gasteiger partial charge is 0.375 e.